The van der Waals surface area contributed by atoms with Gasteiger partial charge in [-0.1, -0.05) is 19.1 Å². The third kappa shape index (κ3) is 2.80. The zero-order valence-corrected chi connectivity index (χ0v) is 22.4. The zero-order chi connectivity index (χ0) is 25.3. The quantitative estimate of drug-likeness (QED) is 0.569. The van der Waals surface area contributed by atoms with Crippen molar-refractivity contribution in [2.75, 3.05) is 14.1 Å². The van der Waals surface area contributed by atoms with Crippen LogP contribution in [-0.4, -0.2) is 68.5 Å². The second kappa shape index (κ2) is 7.35. The molecule has 194 valence electrons. The summed E-state index contributed by atoms with van der Waals surface area (Å²) < 4.78 is 13.2. The molecule has 2 N–H and O–H groups in total. The Labute approximate surface area is 217 Å². The molecule has 7 heteroatoms. The van der Waals surface area contributed by atoms with Crippen LogP contribution in [0.1, 0.15) is 63.3 Å². The normalized spacial score (nSPS) is 47.6. The molecule has 3 heterocycles. The molecule has 9 atom stereocenters. The summed E-state index contributed by atoms with van der Waals surface area (Å²) >= 11 is 7.62. The standard InChI is InChI=1S/C29H37ClN2O4/c1-16-31-20-7-5-17(13-22(20)35-16)18-6-8-23-26(18,2)9-11-28(30)14-19-24(33)25(34)21(32(3)4)15-27(19)10-12-29(23,28)36-27/h5-7,13,19,21,23-25,33-34H,8-12,14-15H2,1-4H3. The molecule has 0 radical (unpaired) electrons. The first-order valence-electron chi connectivity index (χ1n) is 13.5. The minimum Gasteiger partial charge on any atom is -0.441 e. The van der Waals surface area contributed by atoms with Gasteiger partial charge in [-0.15, -0.1) is 11.6 Å². The van der Waals surface area contributed by atoms with Gasteiger partial charge in [-0.3, -0.25) is 0 Å². The number of benzene rings is 1. The number of oxazole rings is 1. The molecule has 2 spiro atoms. The lowest BCUT2D eigenvalue weighted by molar-refractivity contribution is -0.276. The van der Waals surface area contributed by atoms with Crippen molar-refractivity contribution >= 4 is 28.3 Å². The fourth-order valence-corrected chi connectivity index (χ4v) is 9.74. The van der Waals surface area contributed by atoms with E-state index < -0.39 is 28.3 Å². The van der Waals surface area contributed by atoms with Crippen molar-refractivity contribution in [1.29, 1.82) is 0 Å². The highest BCUT2D eigenvalue weighted by Crippen LogP contribution is 2.73. The van der Waals surface area contributed by atoms with Gasteiger partial charge in [0.05, 0.1) is 28.3 Å². The molecule has 3 aliphatic carbocycles. The average Bonchev–Trinajstić information content (AvgIpc) is 3.49. The number of hydrogen-bond acceptors (Lipinski definition) is 6. The molecule has 2 aromatic rings. The van der Waals surface area contributed by atoms with Crippen molar-refractivity contribution in [2.24, 2.45) is 17.3 Å². The van der Waals surface area contributed by atoms with E-state index in [4.69, 9.17) is 20.8 Å². The number of aliphatic hydroxyl groups excluding tert-OH is 2. The Hall–Kier alpha value is -1.44. The molecule has 0 amide bonds. The number of fused-ring (bicyclic) bond motifs is 2. The summed E-state index contributed by atoms with van der Waals surface area (Å²) in [5.74, 6) is 0.833. The fourth-order valence-electron chi connectivity index (χ4n) is 9.22. The molecule has 2 aliphatic heterocycles. The van der Waals surface area contributed by atoms with Gasteiger partial charge in [-0.05, 0) is 87.7 Å². The Kier molecular flexibility index (Phi) is 4.83. The van der Waals surface area contributed by atoms with Gasteiger partial charge in [0.15, 0.2) is 11.5 Å². The maximum atomic E-state index is 11.3. The largest absolute Gasteiger partial charge is 0.441 e. The van der Waals surface area contributed by atoms with Gasteiger partial charge in [0.2, 0.25) is 0 Å². The van der Waals surface area contributed by atoms with E-state index in [9.17, 15) is 10.2 Å². The van der Waals surface area contributed by atoms with Gasteiger partial charge in [0.1, 0.15) is 5.52 Å². The number of hydrogen-bond donors (Lipinski definition) is 2. The van der Waals surface area contributed by atoms with Crippen molar-refractivity contribution in [3.63, 3.8) is 0 Å². The van der Waals surface area contributed by atoms with Crippen LogP contribution >= 0.6 is 11.6 Å². The van der Waals surface area contributed by atoms with Crippen LogP contribution in [-0.2, 0) is 4.74 Å². The third-order valence-corrected chi connectivity index (χ3v) is 11.7. The van der Waals surface area contributed by atoms with E-state index in [1.807, 2.05) is 25.9 Å². The smallest absolute Gasteiger partial charge is 0.192 e. The fraction of sp³-hybridized carbons (Fsp3) is 0.690. The lowest BCUT2D eigenvalue weighted by Gasteiger charge is -2.65. The van der Waals surface area contributed by atoms with Gasteiger partial charge >= 0.3 is 0 Å². The summed E-state index contributed by atoms with van der Waals surface area (Å²) in [6.07, 6.45) is 6.83. The van der Waals surface area contributed by atoms with Crippen LogP contribution in [0.2, 0.25) is 0 Å². The molecule has 6 nitrogen and oxygen atoms in total. The highest BCUT2D eigenvalue weighted by Gasteiger charge is 2.76. The topological polar surface area (TPSA) is 79.0 Å². The number of aliphatic hydroxyl groups is 2. The molecule has 1 aromatic carbocycles. The lowest BCUT2D eigenvalue weighted by atomic mass is 9.52. The van der Waals surface area contributed by atoms with Gasteiger partial charge in [-0.25, -0.2) is 4.98 Å². The number of alkyl halides is 1. The first-order valence-corrected chi connectivity index (χ1v) is 13.9. The monoisotopic (exact) mass is 512 g/mol. The first kappa shape index (κ1) is 23.7. The van der Waals surface area contributed by atoms with E-state index in [2.05, 4.69) is 36.2 Å². The van der Waals surface area contributed by atoms with Crippen molar-refractivity contribution in [3.05, 3.63) is 35.7 Å². The predicted octanol–water partition coefficient (Wildman–Crippen LogP) is 4.68. The molecule has 9 unspecified atom stereocenters. The SMILES string of the molecule is Cc1nc2ccc(C3=CCC4C3(C)CCC3(Cl)CC5C(O)C(O)C(N(C)C)CC56CCC43O6)cc2o1. The van der Waals surface area contributed by atoms with Crippen LogP contribution in [0.3, 0.4) is 0 Å². The maximum Gasteiger partial charge on any atom is 0.192 e. The Morgan fingerprint density at radius 1 is 1.08 bits per heavy atom. The summed E-state index contributed by atoms with van der Waals surface area (Å²) in [4.78, 5) is 5.99. The number of allylic oxidation sites excluding steroid dienone is 2. The number of rotatable bonds is 2. The Morgan fingerprint density at radius 3 is 2.67 bits per heavy atom. The number of aryl methyl sites for hydroxylation is 1. The maximum absolute atomic E-state index is 11.3. The van der Waals surface area contributed by atoms with Crippen LogP contribution in [0, 0.1) is 24.2 Å². The van der Waals surface area contributed by atoms with Gasteiger partial charge in [0.25, 0.3) is 0 Å². The highest BCUT2D eigenvalue weighted by atomic mass is 35.5. The number of nitrogens with zero attached hydrogens (tertiary/aromatic N) is 2. The van der Waals surface area contributed by atoms with E-state index in [-0.39, 0.29) is 23.3 Å². The van der Waals surface area contributed by atoms with Crippen molar-refractivity contribution in [2.45, 2.75) is 93.1 Å². The molecule has 4 fully saturated rings. The van der Waals surface area contributed by atoms with Gasteiger partial charge in [-0.2, -0.15) is 0 Å². The van der Waals surface area contributed by atoms with Gasteiger partial charge < -0.3 is 24.3 Å². The second-order valence-electron chi connectivity index (χ2n) is 12.8. The minimum atomic E-state index is -0.819. The summed E-state index contributed by atoms with van der Waals surface area (Å²) in [7, 11) is 3.96. The molecule has 2 saturated heterocycles. The van der Waals surface area contributed by atoms with E-state index in [1.54, 1.807) is 0 Å². The van der Waals surface area contributed by atoms with Crippen molar-refractivity contribution in [1.82, 2.24) is 9.88 Å². The molecule has 36 heavy (non-hydrogen) atoms. The lowest BCUT2D eigenvalue weighted by Crippen LogP contribution is -2.72. The van der Waals surface area contributed by atoms with E-state index in [0.29, 0.717) is 12.3 Å². The summed E-state index contributed by atoms with van der Waals surface area (Å²) in [6, 6.07) is 6.26. The summed E-state index contributed by atoms with van der Waals surface area (Å²) in [5, 5.41) is 22.3. The number of likely N-dealkylation sites (N-methyl/N-ethyl adjacent to an activating group) is 1. The molecule has 2 saturated carbocycles. The Balaban J connectivity index is 1.27. The van der Waals surface area contributed by atoms with Crippen LogP contribution in [0.5, 0.6) is 0 Å². The number of halogens is 1. The number of aromatic nitrogens is 1. The average molecular weight is 513 g/mol. The highest BCUT2D eigenvalue weighted by molar-refractivity contribution is 6.25. The molecular formula is C29H37ClN2O4. The zero-order valence-electron chi connectivity index (χ0n) is 21.6. The molecule has 2 bridgehead atoms. The summed E-state index contributed by atoms with van der Waals surface area (Å²) in [5.41, 5.74) is 3.39. The minimum absolute atomic E-state index is 0.0484. The molecule has 5 aliphatic rings. The van der Waals surface area contributed by atoms with Crippen LogP contribution in [0.25, 0.3) is 16.7 Å². The predicted molar refractivity (Wildman–Crippen MR) is 139 cm³/mol. The molecule has 7 rings (SSSR count). The van der Waals surface area contributed by atoms with E-state index in [1.165, 1.54) is 11.1 Å². The Morgan fingerprint density at radius 2 is 1.89 bits per heavy atom. The van der Waals surface area contributed by atoms with Crippen LogP contribution in [0.15, 0.2) is 28.7 Å². The van der Waals surface area contributed by atoms with E-state index >= 15 is 0 Å². The van der Waals surface area contributed by atoms with E-state index in [0.717, 1.165) is 49.6 Å². The molecule has 1 aromatic heterocycles. The Bertz CT molecular complexity index is 1280. The van der Waals surface area contributed by atoms with Crippen molar-refractivity contribution in [3.8, 4) is 0 Å². The third-order valence-electron chi connectivity index (χ3n) is 11.0. The van der Waals surface area contributed by atoms with Crippen molar-refractivity contribution < 1.29 is 19.4 Å². The molecular weight excluding hydrogens is 476 g/mol. The van der Waals surface area contributed by atoms with Gasteiger partial charge in [0, 0.05) is 24.8 Å². The van der Waals surface area contributed by atoms with Crippen LogP contribution < -0.4 is 0 Å². The first-order chi connectivity index (χ1) is 17.0. The number of ether oxygens (including phenoxy) is 1. The second-order valence-corrected chi connectivity index (χ2v) is 13.5. The van der Waals surface area contributed by atoms with Crippen LogP contribution in [0.4, 0.5) is 0 Å². The summed E-state index contributed by atoms with van der Waals surface area (Å²) in [6.45, 7) is 4.29.